The molecule has 0 spiro atoms. The molecule has 0 unspecified atom stereocenters. The van der Waals surface area contributed by atoms with Gasteiger partial charge in [-0.2, -0.15) is 12.6 Å². The summed E-state index contributed by atoms with van der Waals surface area (Å²) in [5.74, 6) is 0.796. The maximum atomic E-state index is 11.5. The van der Waals surface area contributed by atoms with Crippen molar-refractivity contribution in [1.29, 1.82) is 0 Å². The number of Topliss-reactive ketones (excluding diaryl/α,β-unsaturated/α-hetero) is 1. The fourth-order valence-electron chi connectivity index (χ4n) is 1.16. The highest BCUT2D eigenvalue weighted by atomic mass is 32.1. The molecule has 70 valence electrons. The van der Waals surface area contributed by atoms with Crippen molar-refractivity contribution in [2.75, 3.05) is 5.75 Å². The van der Waals surface area contributed by atoms with Crippen LogP contribution in [0.4, 0.5) is 0 Å². The van der Waals surface area contributed by atoms with E-state index in [-0.39, 0.29) is 5.78 Å². The van der Waals surface area contributed by atoms with Gasteiger partial charge in [-0.1, -0.05) is 12.1 Å². The van der Waals surface area contributed by atoms with Gasteiger partial charge in [0.25, 0.3) is 0 Å². The lowest BCUT2D eigenvalue weighted by atomic mass is 10.0. The largest absolute Gasteiger partial charge is 0.294 e. The van der Waals surface area contributed by atoms with Crippen molar-refractivity contribution in [1.82, 2.24) is 0 Å². The van der Waals surface area contributed by atoms with Gasteiger partial charge in [-0.15, -0.1) is 0 Å². The van der Waals surface area contributed by atoms with E-state index >= 15 is 0 Å². The Hall–Kier alpha value is -0.760. The molecule has 0 N–H and O–H groups in total. The Kier molecular flexibility index (Phi) is 3.55. The summed E-state index contributed by atoms with van der Waals surface area (Å²) in [5, 5.41) is 0. The van der Waals surface area contributed by atoms with Gasteiger partial charge in [-0.25, -0.2) is 0 Å². The van der Waals surface area contributed by atoms with Crippen LogP contribution in [0, 0.1) is 13.8 Å². The molecule has 1 nitrogen and oxygen atoms in total. The Labute approximate surface area is 84.6 Å². The molecule has 0 aliphatic carbocycles. The highest BCUT2D eigenvalue weighted by Crippen LogP contribution is 2.11. The second-order valence-electron chi connectivity index (χ2n) is 3.20. The summed E-state index contributed by atoms with van der Waals surface area (Å²) < 4.78 is 0. The predicted molar refractivity (Wildman–Crippen MR) is 58.7 cm³/mol. The highest BCUT2D eigenvalue weighted by Gasteiger charge is 2.04. The van der Waals surface area contributed by atoms with E-state index in [1.54, 1.807) is 0 Å². The second-order valence-corrected chi connectivity index (χ2v) is 3.64. The van der Waals surface area contributed by atoms with Crippen LogP contribution in [-0.2, 0) is 0 Å². The monoisotopic (exact) mass is 194 g/mol. The third-order valence-electron chi connectivity index (χ3n) is 2.17. The highest BCUT2D eigenvalue weighted by molar-refractivity contribution is 7.80. The fourth-order valence-corrected chi connectivity index (χ4v) is 1.36. The summed E-state index contributed by atoms with van der Waals surface area (Å²) in [6.45, 7) is 4.06. The standard InChI is InChI=1S/C11H14OS/c1-8-3-4-10(7-9(8)2)11(12)5-6-13/h3-4,7,13H,5-6H2,1-2H3. The number of carbonyl (C=O) groups is 1. The minimum absolute atomic E-state index is 0.179. The number of hydrogen-bond donors (Lipinski definition) is 1. The lowest BCUT2D eigenvalue weighted by molar-refractivity contribution is 0.0989. The number of thiol groups is 1. The molecule has 1 aromatic rings. The van der Waals surface area contributed by atoms with E-state index in [0.717, 1.165) is 5.56 Å². The van der Waals surface area contributed by atoms with Crippen LogP contribution in [0.2, 0.25) is 0 Å². The Morgan fingerprint density at radius 3 is 2.54 bits per heavy atom. The molecule has 0 aromatic heterocycles. The Morgan fingerprint density at radius 1 is 1.31 bits per heavy atom. The molecule has 0 saturated heterocycles. The van der Waals surface area contributed by atoms with E-state index in [0.29, 0.717) is 12.2 Å². The molecule has 1 aromatic carbocycles. The molecule has 0 radical (unpaired) electrons. The van der Waals surface area contributed by atoms with Crippen LogP contribution in [-0.4, -0.2) is 11.5 Å². The van der Waals surface area contributed by atoms with E-state index in [2.05, 4.69) is 12.6 Å². The zero-order valence-corrected chi connectivity index (χ0v) is 8.90. The molecule has 2 heteroatoms. The normalized spacial score (nSPS) is 10.1. The van der Waals surface area contributed by atoms with E-state index in [9.17, 15) is 4.79 Å². The maximum absolute atomic E-state index is 11.5. The average Bonchev–Trinajstić information content (AvgIpc) is 2.10. The Bertz CT molecular complexity index is 318. The summed E-state index contributed by atoms with van der Waals surface area (Å²) in [5.41, 5.74) is 3.20. The van der Waals surface area contributed by atoms with Gasteiger partial charge in [0.15, 0.2) is 5.78 Å². The molecule has 0 aliphatic rings. The number of carbonyl (C=O) groups excluding carboxylic acids is 1. The molecule has 0 fully saturated rings. The van der Waals surface area contributed by atoms with Gasteiger partial charge < -0.3 is 0 Å². The first-order valence-corrected chi connectivity index (χ1v) is 4.99. The molecule has 1 rings (SSSR count). The van der Waals surface area contributed by atoms with Crippen LogP contribution in [0.5, 0.6) is 0 Å². The number of hydrogen-bond acceptors (Lipinski definition) is 2. The van der Waals surface area contributed by atoms with Crippen LogP contribution in [0.3, 0.4) is 0 Å². The van der Waals surface area contributed by atoms with Gasteiger partial charge in [0.05, 0.1) is 0 Å². The van der Waals surface area contributed by atoms with E-state index in [1.807, 2.05) is 32.0 Å². The molecular formula is C11H14OS. The van der Waals surface area contributed by atoms with Crippen LogP contribution in [0.25, 0.3) is 0 Å². The van der Waals surface area contributed by atoms with Gasteiger partial charge >= 0.3 is 0 Å². The van der Waals surface area contributed by atoms with E-state index < -0.39 is 0 Å². The Balaban J connectivity index is 2.90. The van der Waals surface area contributed by atoms with Crippen LogP contribution in [0.1, 0.15) is 27.9 Å². The third kappa shape index (κ3) is 2.59. The number of benzene rings is 1. The fraction of sp³-hybridized carbons (Fsp3) is 0.364. The van der Waals surface area contributed by atoms with Crippen LogP contribution < -0.4 is 0 Å². The zero-order valence-electron chi connectivity index (χ0n) is 8.00. The van der Waals surface area contributed by atoms with Crippen molar-refractivity contribution < 1.29 is 4.79 Å². The summed E-state index contributed by atoms with van der Waals surface area (Å²) in [6, 6.07) is 5.82. The minimum atomic E-state index is 0.179. The summed E-state index contributed by atoms with van der Waals surface area (Å²) >= 11 is 4.04. The molecular weight excluding hydrogens is 180 g/mol. The van der Waals surface area contributed by atoms with Crippen molar-refractivity contribution in [3.05, 3.63) is 34.9 Å². The summed E-state index contributed by atoms with van der Waals surface area (Å²) in [7, 11) is 0. The van der Waals surface area contributed by atoms with Crippen LogP contribution >= 0.6 is 12.6 Å². The second kappa shape index (κ2) is 4.47. The number of aryl methyl sites for hydroxylation is 2. The predicted octanol–water partition coefficient (Wildman–Crippen LogP) is 2.81. The van der Waals surface area contributed by atoms with E-state index in [4.69, 9.17) is 0 Å². The molecule has 0 aliphatic heterocycles. The minimum Gasteiger partial charge on any atom is -0.294 e. The van der Waals surface area contributed by atoms with Gasteiger partial charge in [-0.05, 0) is 36.8 Å². The molecule has 13 heavy (non-hydrogen) atoms. The summed E-state index contributed by atoms with van der Waals surface area (Å²) in [4.78, 5) is 11.5. The molecule has 0 bridgehead atoms. The smallest absolute Gasteiger partial charge is 0.163 e. The van der Waals surface area contributed by atoms with E-state index in [1.165, 1.54) is 11.1 Å². The topological polar surface area (TPSA) is 17.1 Å². The van der Waals surface area contributed by atoms with Crippen molar-refractivity contribution in [2.45, 2.75) is 20.3 Å². The molecule has 0 saturated carbocycles. The van der Waals surface area contributed by atoms with Crippen molar-refractivity contribution in [3.8, 4) is 0 Å². The Morgan fingerprint density at radius 2 is 2.00 bits per heavy atom. The van der Waals surface area contributed by atoms with Crippen LogP contribution in [0.15, 0.2) is 18.2 Å². The lowest BCUT2D eigenvalue weighted by Crippen LogP contribution is -2.00. The van der Waals surface area contributed by atoms with Gasteiger partial charge in [0.2, 0.25) is 0 Å². The quantitative estimate of drug-likeness (QED) is 0.578. The first-order valence-electron chi connectivity index (χ1n) is 4.36. The number of ketones is 1. The van der Waals surface area contributed by atoms with Gasteiger partial charge in [0.1, 0.15) is 0 Å². The van der Waals surface area contributed by atoms with Crippen molar-refractivity contribution >= 4 is 18.4 Å². The summed E-state index contributed by atoms with van der Waals surface area (Å²) in [6.07, 6.45) is 0.519. The van der Waals surface area contributed by atoms with Gasteiger partial charge in [0, 0.05) is 12.0 Å². The molecule has 0 amide bonds. The van der Waals surface area contributed by atoms with Gasteiger partial charge in [-0.3, -0.25) is 4.79 Å². The van der Waals surface area contributed by atoms with Crippen molar-refractivity contribution in [2.24, 2.45) is 0 Å². The molecule has 0 atom stereocenters. The SMILES string of the molecule is Cc1ccc(C(=O)CCS)cc1C. The maximum Gasteiger partial charge on any atom is 0.163 e. The third-order valence-corrected chi connectivity index (χ3v) is 2.39. The first kappa shape index (κ1) is 10.3. The average molecular weight is 194 g/mol. The lowest BCUT2D eigenvalue weighted by Gasteiger charge is -2.03. The molecule has 0 heterocycles. The number of rotatable bonds is 3. The van der Waals surface area contributed by atoms with Crippen molar-refractivity contribution in [3.63, 3.8) is 0 Å². The zero-order chi connectivity index (χ0) is 9.84. The first-order chi connectivity index (χ1) is 6.15.